The minimum Gasteiger partial charge on any atom is -0.458 e. The van der Waals surface area contributed by atoms with E-state index in [0.717, 1.165) is 11.1 Å². The number of ether oxygens (including phenoxy) is 1. The molecule has 2 aliphatic heterocycles. The average Bonchev–Trinajstić information content (AvgIpc) is 3.06. The first-order valence-corrected chi connectivity index (χ1v) is 12.0. The maximum atomic E-state index is 13.3. The minimum atomic E-state index is -0.856. The largest absolute Gasteiger partial charge is 0.458 e. The second kappa shape index (κ2) is 10.5. The molecular weight excluding hydrogens is 446 g/mol. The number of urea groups is 1. The van der Waals surface area contributed by atoms with Crippen molar-refractivity contribution in [2.75, 3.05) is 6.54 Å². The van der Waals surface area contributed by atoms with Crippen molar-refractivity contribution >= 4 is 17.9 Å². The number of hydroxylamine groups is 2. The van der Waals surface area contributed by atoms with E-state index in [-0.39, 0.29) is 24.6 Å². The van der Waals surface area contributed by atoms with Crippen molar-refractivity contribution in [2.24, 2.45) is 0 Å². The van der Waals surface area contributed by atoms with Crippen LogP contribution in [0.15, 0.2) is 60.7 Å². The Morgan fingerprint density at radius 3 is 2.26 bits per heavy atom. The highest BCUT2D eigenvalue weighted by atomic mass is 16.7. The summed E-state index contributed by atoms with van der Waals surface area (Å²) >= 11 is 0. The fraction of sp³-hybridized carbons (Fsp3) is 0.444. The number of carbonyl (C=O) groups excluding carboxylic acids is 3. The standard InChI is InChI=1S/C27H33N3O5/c1-27(2,3)35-25(32)22(16-19-10-6-4-7-11-19)28-24(31)23-15-14-21-17-29(23)26(33)30(21)34-18-20-12-8-5-9-13-20/h4-13,21-23H,14-18H2,1-3H3,(H,28,31)/t21-,22-,23+/m1/s1. The lowest BCUT2D eigenvalue weighted by atomic mass is 9.99. The van der Waals surface area contributed by atoms with Gasteiger partial charge in [-0.25, -0.2) is 9.59 Å². The Morgan fingerprint density at radius 1 is 1.00 bits per heavy atom. The fourth-order valence-corrected chi connectivity index (χ4v) is 4.47. The van der Waals surface area contributed by atoms with Gasteiger partial charge in [-0.15, -0.1) is 0 Å². The molecule has 0 saturated carbocycles. The Balaban J connectivity index is 1.42. The quantitative estimate of drug-likeness (QED) is 0.586. The third-order valence-corrected chi connectivity index (χ3v) is 6.13. The van der Waals surface area contributed by atoms with Gasteiger partial charge in [0.1, 0.15) is 24.3 Å². The van der Waals surface area contributed by atoms with Gasteiger partial charge in [-0.05, 0) is 44.7 Å². The summed E-state index contributed by atoms with van der Waals surface area (Å²) < 4.78 is 5.57. The molecule has 35 heavy (non-hydrogen) atoms. The zero-order chi connectivity index (χ0) is 25.0. The van der Waals surface area contributed by atoms with Crippen LogP contribution >= 0.6 is 0 Å². The fourth-order valence-electron chi connectivity index (χ4n) is 4.47. The van der Waals surface area contributed by atoms with Crippen LogP contribution in [0.25, 0.3) is 0 Å². The molecule has 8 nitrogen and oxygen atoms in total. The Hall–Kier alpha value is -3.39. The van der Waals surface area contributed by atoms with Crippen LogP contribution in [0.3, 0.4) is 0 Å². The summed E-state index contributed by atoms with van der Waals surface area (Å²) in [7, 11) is 0. The summed E-state index contributed by atoms with van der Waals surface area (Å²) in [5.41, 5.74) is 1.19. The van der Waals surface area contributed by atoms with E-state index in [0.29, 0.717) is 25.8 Å². The first-order chi connectivity index (χ1) is 16.7. The van der Waals surface area contributed by atoms with E-state index in [1.807, 2.05) is 60.7 Å². The highest BCUT2D eigenvalue weighted by molar-refractivity contribution is 5.91. The van der Waals surface area contributed by atoms with Gasteiger partial charge < -0.3 is 15.0 Å². The molecule has 8 heteroatoms. The highest BCUT2D eigenvalue weighted by Crippen LogP contribution is 2.30. The van der Waals surface area contributed by atoms with Crippen LogP contribution < -0.4 is 5.32 Å². The monoisotopic (exact) mass is 479 g/mol. The van der Waals surface area contributed by atoms with E-state index >= 15 is 0 Å². The molecule has 2 aromatic rings. The normalized spacial score (nSPS) is 20.5. The number of hydrogen-bond donors (Lipinski definition) is 1. The van der Waals surface area contributed by atoms with Crippen LogP contribution in [-0.2, 0) is 32.2 Å². The third-order valence-electron chi connectivity index (χ3n) is 6.13. The molecule has 2 aliphatic rings. The number of nitrogens with one attached hydrogen (secondary N) is 1. The number of rotatable bonds is 8. The molecule has 2 fully saturated rings. The van der Waals surface area contributed by atoms with Crippen LogP contribution in [0.1, 0.15) is 44.7 Å². The van der Waals surface area contributed by atoms with E-state index < -0.39 is 23.7 Å². The molecule has 0 aliphatic carbocycles. The van der Waals surface area contributed by atoms with Gasteiger partial charge >= 0.3 is 12.0 Å². The topological polar surface area (TPSA) is 88.2 Å². The maximum absolute atomic E-state index is 13.3. The zero-order valence-electron chi connectivity index (χ0n) is 20.5. The Morgan fingerprint density at radius 2 is 1.63 bits per heavy atom. The van der Waals surface area contributed by atoms with Gasteiger partial charge in [-0.3, -0.25) is 9.63 Å². The molecule has 2 aromatic carbocycles. The number of fused-ring (bicyclic) bond motifs is 2. The molecule has 0 spiro atoms. The zero-order valence-corrected chi connectivity index (χ0v) is 20.5. The average molecular weight is 480 g/mol. The molecule has 4 rings (SSSR count). The van der Waals surface area contributed by atoms with Gasteiger partial charge in [0.05, 0.1) is 6.04 Å². The molecule has 0 unspecified atom stereocenters. The summed E-state index contributed by atoms with van der Waals surface area (Å²) in [4.78, 5) is 46.7. The van der Waals surface area contributed by atoms with Gasteiger partial charge in [0.2, 0.25) is 5.91 Å². The van der Waals surface area contributed by atoms with Crippen LogP contribution in [0.2, 0.25) is 0 Å². The molecular formula is C27H33N3O5. The van der Waals surface area contributed by atoms with Gasteiger partial charge in [0.15, 0.2) is 0 Å². The molecule has 2 heterocycles. The van der Waals surface area contributed by atoms with Crippen molar-refractivity contribution in [1.82, 2.24) is 15.3 Å². The number of hydrogen-bond acceptors (Lipinski definition) is 5. The summed E-state index contributed by atoms with van der Waals surface area (Å²) in [6, 6.07) is 17.2. The summed E-state index contributed by atoms with van der Waals surface area (Å²) in [6.45, 7) is 6.08. The first-order valence-electron chi connectivity index (χ1n) is 12.0. The van der Waals surface area contributed by atoms with Crippen LogP contribution in [0.4, 0.5) is 4.79 Å². The molecule has 1 N–H and O–H groups in total. The highest BCUT2D eigenvalue weighted by Gasteiger charge is 2.48. The van der Waals surface area contributed by atoms with E-state index in [2.05, 4.69) is 5.32 Å². The number of amides is 3. The van der Waals surface area contributed by atoms with Crippen molar-refractivity contribution in [3.63, 3.8) is 0 Å². The lowest BCUT2D eigenvalue weighted by molar-refractivity contribution is -0.159. The van der Waals surface area contributed by atoms with E-state index in [4.69, 9.17) is 9.57 Å². The predicted molar refractivity (Wildman–Crippen MR) is 130 cm³/mol. The number of esters is 1. The summed E-state index contributed by atoms with van der Waals surface area (Å²) in [5, 5.41) is 4.27. The lowest BCUT2D eigenvalue weighted by Crippen LogP contribution is -2.54. The van der Waals surface area contributed by atoms with Crippen molar-refractivity contribution < 1.29 is 24.0 Å². The number of benzene rings is 2. The van der Waals surface area contributed by atoms with E-state index in [1.54, 1.807) is 25.7 Å². The molecule has 2 saturated heterocycles. The minimum absolute atomic E-state index is 0.0961. The van der Waals surface area contributed by atoms with E-state index in [1.165, 1.54) is 5.06 Å². The predicted octanol–water partition coefficient (Wildman–Crippen LogP) is 3.46. The van der Waals surface area contributed by atoms with Crippen LogP contribution in [0.5, 0.6) is 0 Å². The van der Waals surface area contributed by atoms with Crippen molar-refractivity contribution in [3.05, 3.63) is 71.8 Å². The molecule has 2 bridgehead atoms. The number of nitrogens with zero attached hydrogens (tertiary/aromatic N) is 2. The van der Waals surface area contributed by atoms with Gasteiger partial charge in [-0.2, -0.15) is 5.06 Å². The molecule has 0 aromatic heterocycles. The third kappa shape index (κ3) is 6.19. The van der Waals surface area contributed by atoms with Gasteiger partial charge in [-0.1, -0.05) is 60.7 Å². The summed E-state index contributed by atoms with van der Waals surface area (Å²) in [5.74, 6) is -0.850. The molecule has 186 valence electrons. The summed E-state index contributed by atoms with van der Waals surface area (Å²) in [6.07, 6.45) is 1.45. The SMILES string of the molecule is CC(C)(C)OC(=O)[C@@H](Cc1ccccc1)NC(=O)[C@@H]1CC[C@@H]2CN1C(=O)N2OCc1ccccc1. The number of piperidine rings is 1. The van der Waals surface area contributed by atoms with Crippen molar-refractivity contribution in [3.8, 4) is 0 Å². The van der Waals surface area contributed by atoms with Crippen LogP contribution in [-0.4, -0.2) is 58.1 Å². The molecule has 3 atom stereocenters. The Bertz CT molecular complexity index is 1040. The van der Waals surface area contributed by atoms with Gasteiger partial charge in [0, 0.05) is 13.0 Å². The maximum Gasteiger partial charge on any atom is 0.345 e. The van der Waals surface area contributed by atoms with Crippen molar-refractivity contribution in [2.45, 2.75) is 70.4 Å². The Kier molecular flexibility index (Phi) is 7.40. The lowest BCUT2D eigenvalue weighted by Gasteiger charge is -2.31. The second-order valence-electron chi connectivity index (χ2n) is 10.1. The van der Waals surface area contributed by atoms with Crippen molar-refractivity contribution in [1.29, 1.82) is 0 Å². The number of carbonyl (C=O) groups is 3. The molecule has 0 radical (unpaired) electrons. The first kappa shape index (κ1) is 24.7. The second-order valence-corrected chi connectivity index (χ2v) is 10.1. The van der Waals surface area contributed by atoms with E-state index in [9.17, 15) is 14.4 Å². The smallest absolute Gasteiger partial charge is 0.345 e. The van der Waals surface area contributed by atoms with Gasteiger partial charge in [0.25, 0.3) is 0 Å². The van der Waals surface area contributed by atoms with Crippen LogP contribution in [0, 0.1) is 0 Å². The molecule has 3 amide bonds. The Labute approximate surface area is 206 Å².